The van der Waals surface area contributed by atoms with E-state index in [4.69, 9.17) is 9.47 Å². The van der Waals surface area contributed by atoms with Crippen LogP contribution in [-0.4, -0.2) is 29.7 Å². The predicted octanol–water partition coefficient (Wildman–Crippen LogP) is 1.41. The van der Waals surface area contributed by atoms with Gasteiger partial charge >= 0.3 is 5.69 Å². The van der Waals surface area contributed by atoms with E-state index in [1.807, 2.05) is 6.07 Å². The van der Waals surface area contributed by atoms with Crippen molar-refractivity contribution in [3.63, 3.8) is 0 Å². The highest BCUT2D eigenvalue weighted by molar-refractivity contribution is 5.78. The average Bonchev–Trinajstić information content (AvgIpc) is 2.71. The molecule has 0 bridgehead atoms. The molecule has 0 aliphatic heterocycles. The van der Waals surface area contributed by atoms with Crippen molar-refractivity contribution in [1.29, 1.82) is 0 Å². The predicted molar refractivity (Wildman–Crippen MR) is 105 cm³/mol. The Hall–Kier alpha value is -3.55. The zero-order valence-electron chi connectivity index (χ0n) is 15.7. The fraction of sp³-hybridized carbons (Fsp3) is 0.250. The topological polar surface area (TPSA) is 102 Å². The first kappa shape index (κ1) is 19.2. The summed E-state index contributed by atoms with van der Waals surface area (Å²) in [5, 5.41) is 3.22. The molecule has 1 amide bonds. The number of fused-ring (bicyclic) bond motifs is 1. The second-order valence-electron chi connectivity index (χ2n) is 6.14. The van der Waals surface area contributed by atoms with Crippen LogP contribution in [0, 0.1) is 0 Å². The standard InChI is InChI=1S/C20H21N3O5/c1-27-16-8-7-13(11-17(16)28-2)12-21-18(24)9-10-23-15-6-4-3-5-14(15)19(25)22-20(23)26/h3-8,11H,9-10,12H2,1-2H3,(H,21,24)(H,22,25,26). The molecule has 0 aliphatic carbocycles. The summed E-state index contributed by atoms with van der Waals surface area (Å²) in [7, 11) is 3.11. The lowest BCUT2D eigenvalue weighted by molar-refractivity contribution is -0.121. The molecule has 0 atom stereocenters. The van der Waals surface area contributed by atoms with E-state index < -0.39 is 11.2 Å². The number of aryl methyl sites for hydroxylation is 1. The summed E-state index contributed by atoms with van der Waals surface area (Å²) in [6, 6.07) is 12.2. The first-order chi connectivity index (χ1) is 13.5. The number of carbonyl (C=O) groups is 1. The van der Waals surface area contributed by atoms with E-state index in [-0.39, 0.29) is 18.9 Å². The third-order valence-corrected chi connectivity index (χ3v) is 4.41. The molecule has 28 heavy (non-hydrogen) atoms. The van der Waals surface area contributed by atoms with Crippen LogP contribution in [0.2, 0.25) is 0 Å². The number of para-hydroxylation sites is 1. The highest BCUT2D eigenvalue weighted by Crippen LogP contribution is 2.27. The highest BCUT2D eigenvalue weighted by Gasteiger charge is 2.10. The van der Waals surface area contributed by atoms with Crippen LogP contribution in [0.15, 0.2) is 52.1 Å². The summed E-state index contributed by atoms with van der Waals surface area (Å²) < 4.78 is 11.8. The van der Waals surface area contributed by atoms with Gasteiger partial charge in [-0.3, -0.25) is 19.1 Å². The Labute approximate surface area is 160 Å². The third kappa shape index (κ3) is 4.06. The SMILES string of the molecule is COc1ccc(CNC(=O)CCn2c(=O)[nH]c(=O)c3ccccc32)cc1OC. The minimum absolute atomic E-state index is 0.100. The fourth-order valence-electron chi connectivity index (χ4n) is 2.96. The number of hydrogen-bond donors (Lipinski definition) is 2. The number of methoxy groups -OCH3 is 2. The Balaban J connectivity index is 1.66. The Morgan fingerprint density at radius 2 is 1.82 bits per heavy atom. The van der Waals surface area contributed by atoms with Crippen molar-refractivity contribution >= 4 is 16.8 Å². The van der Waals surface area contributed by atoms with Crippen LogP contribution in [0.3, 0.4) is 0 Å². The van der Waals surface area contributed by atoms with E-state index in [1.165, 1.54) is 4.57 Å². The first-order valence-corrected chi connectivity index (χ1v) is 8.73. The van der Waals surface area contributed by atoms with Crippen LogP contribution in [-0.2, 0) is 17.9 Å². The van der Waals surface area contributed by atoms with E-state index in [0.29, 0.717) is 28.9 Å². The van der Waals surface area contributed by atoms with Crippen molar-refractivity contribution < 1.29 is 14.3 Å². The Morgan fingerprint density at radius 3 is 2.57 bits per heavy atom. The number of amides is 1. The van der Waals surface area contributed by atoms with Crippen molar-refractivity contribution in [2.24, 2.45) is 0 Å². The summed E-state index contributed by atoms with van der Waals surface area (Å²) in [5.41, 5.74) is 0.396. The first-order valence-electron chi connectivity index (χ1n) is 8.73. The molecular weight excluding hydrogens is 362 g/mol. The van der Waals surface area contributed by atoms with E-state index >= 15 is 0 Å². The number of ether oxygens (including phenoxy) is 2. The molecule has 1 heterocycles. The molecule has 3 aromatic rings. The monoisotopic (exact) mass is 383 g/mol. The van der Waals surface area contributed by atoms with E-state index in [0.717, 1.165) is 5.56 Å². The number of aromatic nitrogens is 2. The largest absolute Gasteiger partial charge is 0.493 e. The van der Waals surface area contributed by atoms with Crippen LogP contribution in [0.5, 0.6) is 11.5 Å². The molecule has 2 N–H and O–H groups in total. The number of nitrogens with zero attached hydrogens (tertiary/aromatic N) is 1. The molecule has 2 aromatic carbocycles. The normalized spacial score (nSPS) is 10.6. The van der Waals surface area contributed by atoms with Gasteiger partial charge in [0.15, 0.2) is 11.5 Å². The molecule has 146 valence electrons. The fourth-order valence-corrected chi connectivity index (χ4v) is 2.96. The minimum atomic E-state index is -0.531. The molecule has 0 saturated heterocycles. The van der Waals surface area contributed by atoms with Gasteiger partial charge in [0.2, 0.25) is 5.91 Å². The zero-order valence-corrected chi connectivity index (χ0v) is 15.7. The third-order valence-electron chi connectivity index (χ3n) is 4.41. The Bertz CT molecular complexity index is 1120. The van der Waals surface area contributed by atoms with Gasteiger partial charge in [0.1, 0.15) is 0 Å². The molecule has 0 aliphatic rings. The quantitative estimate of drug-likeness (QED) is 0.642. The van der Waals surface area contributed by atoms with Gasteiger partial charge < -0.3 is 14.8 Å². The van der Waals surface area contributed by atoms with Gasteiger partial charge in [-0.1, -0.05) is 18.2 Å². The van der Waals surface area contributed by atoms with Crippen LogP contribution in [0.25, 0.3) is 10.9 Å². The molecule has 0 fully saturated rings. The average molecular weight is 383 g/mol. The minimum Gasteiger partial charge on any atom is -0.493 e. The van der Waals surface area contributed by atoms with Gasteiger partial charge in [-0.05, 0) is 29.8 Å². The molecule has 3 rings (SSSR count). The maximum Gasteiger partial charge on any atom is 0.328 e. The lowest BCUT2D eigenvalue weighted by atomic mass is 10.2. The van der Waals surface area contributed by atoms with Gasteiger partial charge in [-0.15, -0.1) is 0 Å². The second-order valence-corrected chi connectivity index (χ2v) is 6.14. The molecule has 8 heteroatoms. The van der Waals surface area contributed by atoms with Crippen LogP contribution in [0.4, 0.5) is 0 Å². The summed E-state index contributed by atoms with van der Waals surface area (Å²) in [5.74, 6) is 0.986. The summed E-state index contributed by atoms with van der Waals surface area (Å²) >= 11 is 0. The molecular formula is C20H21N3O5. The van der Waals surface area contributed by atoms with Gasteiger partial charge in [0.25, 0.3) is 5.56 Å². The number of hydrogen-bond acceptors (Lipinski definition) is 5. The van der Waals surface area contributed by atoms with Gasteiger partial charge in [0, 0.05) is 19.5 Å². The Morgan fingerprint density at radius 1 is 1.07 bits per heavy atom. The van der Waals surface area contributed by atoms with Crippen molar-refractivity contribution in [2.45, 2.75) is 19.5 Å². The van der Waals surface area contributed by atoms with E-state index in [9.17, 15) is 14.4 Å². The second kappa shape index (κ2) is 8.43. The number of nitrogens with one attached hydrogen (secondary N) is 2. The lowest BCUT2D eigenvalue weighted by Crippen LogP contribution is -2.32. The number of rotatable bonds is 7. The van der Waals surface area contributed by atoms with Gasteiger partial charge in [-0.25, -0.2) is 4.79 Å². The highest BCUT2D eigenvalue weighted by atomic mass is 16.5. The van der Waals surface area contributed by atoms with Crippen molar-refractivity contribution in [1.82, 2.24) is 14.9 Å². The molecule has 0 unspecified atom stereocenters. The molecule has 0 spiro atoms. The zero-order chi connectivity index (χ0) is 20.1. The van der Waals surface area contributed by atoms with Crippen molar-refractivity contribution in [3.8, 4) is 11.5 Å². The summed E-state index contributed by atoms with van der Waals surface area (Å²) in [6.45, 7) is 0.481. The van der Waals surface area contributed by atoms with Crippen molar-refractivity contribution in [3.05, 3.63) is 68.9 Å². The molecule has 0 saturated carbocycles. The Kier molecular flexibility index (Phi) is 5.78. The maximum absolute atomic E-state index is 12.2. The number of aromatic amines is 1. The van der Waals surface area contributed by atoms with Crippen LogP contribution < -0.4 is 26.0 Å². The number of H-pyrrole nitrogens is 1. The van der Waals surface area contributed by atoms with Gasteiger partial charge in [0.05, 0.1) is 25.1 Å². The molecule has 1 aromatic heterocycles. The number of benzene rings is 2. The smallest absolute Gasteiger partial charge is 0.328 e. The lowest BCUT2D eigenvalue weighted by Gasteiger charge is -2.11. The molecule has 8 nitrogen and oxygen atoms in total. The van der Waals surface area contributed by atoms with E-state index in [2.05, 4.69) is 10.3 Å². The van der Waals surface area contributed by atoms with Crippen LogP contribution in [0.1, 0.15) is 12.0 Å². The maximum atomic E-state index is 12.2. The summed E-state index contributed by atoms with van der Waals surface area (Å²) in [4.78, 5) is 38.5. The summed E-state index contributed by atoms with van der Waals surface area (Å²) in [6.07, 6.45) is 0.100. The van der Waals surface area contributed by atoms with Crippen LogP contribution >= 0.6 is 0 Å². The van der Waals surface area contributed by atoms with E-state index in [1.54, 1.807) is 50.6 Å². The van der Waals surface area contributed by atoms with Crippen molar-refractivity contribution in [2.75, 3.05) is 14.2 Å². The molecule has 0 radical (unpaired) electrons. The van der Waals surface area contributed by atoms with Gasteiger partial charge in [-0.2, -0.15) is 0 Å². The number of carbonyl (C=O) groups excluding carboxylic acids is 1.